The van der Waals surface area contributed by atoms with Crippen LogP contribution < -0.4 is 15.4 Å². The van der Waals surface area contributed by atoms with Crippen LogP contribution in [0.1, 0.15) is 46.5 Å². The SMILES string of the molecule is COc1cc(NC(=O)c2ccc(NC(=O)CC(C)C)c(C)c2)ccc1C(=O)O. The summed E-state index contributed by atoms with van der Waals surface area (Å²) in [6, 6.07) is 9.32. The minimum atomic E-state index is -1.11. The molecule has 2 aromatic rings. The number of anilines is 2. The average molecular weight is 384 g/mol. The van der Waals surface area contributed by atoms with Crippen molar-refractivity contribution in [2.24, 2.45) is 5.92 Å². The summed E-state index contributed by atoms with van der Waals surface area (Å²) in [5.74, 6) is -1.12. The summed E-state index contributed by atoms with van der Waals surface area (Å²) in [6.07, 6.45) is 0.426. The van der Waals surface area contributed by atoms with Crippen molar-refractivity contribution < 1.29 is 24.2 Å². The van der Waals surface area contributed by atoms with Gasteiger partial charge in [0.05, 0.1) is 7.11 Å². The Hall–Kier alpha value is -3.35. The van der Waals surface area contributed by atoms with Crippen molar-refractivity contribution in [2.45, 2.75) is 27.2 Å². The number of carbonyl (C=O) groups excluding carboxylic acids is 2. The van der Waals surface area contributed by atoms with Crippen molar-refractivity contribution in [3.8, 4) is 5.75 Å². The molecule has 2 amide bonds. The number of methoxy groups -OCH3 is 1. The fourth-order valence-corrected chi connectivity index (χ4v) is 2.67. The number of carboxylic acids is 1. The summed E-state index contributed by atoms with van der Waals surface area (Å²) in [5.41, 5.74) is 2.27. The maximum absolute atomic E-state index is 12.5. The number of aryl methyl sites for hydroxylation is 1. The first-order valence-corrected chi connectivity index (χ1v) is 8.84. The lowest BCUT2D eigenvalue weighted by molar-refractivity contribution is -0.116. The van der Waals surface area contributed by atoms with Gasteiger partial charge in [-0.25, -0.2) is 4.79 Å². The van der Waals surface area contributed by atoms with E-state index in [0.717, 1.165) is 5.56 Å². The Morgan fingerprint density at radius 2 is 1.79 bits per heavy atom. The Morgan fingerprint density at radius 3 is 2.36 bits per heavy atom. The van der Waals surface area contributed by atoms with E-state index in [1.807, 2.05) is 20.8 Å². The number of carbonyl (C=O) groups is 3. The summed E-state index contributed by atoms with van der Waals surface area (Å²) in [6.45, 7) is 5.75. The molecular weight excluding hydrogens is 360 g/mol. The van der Waals surface area contributed by atoms with E-state index in [9.17, 15) is 14.4 Å². The number of rotatable bonds is 7. The zero-order valence-electron chi connectivity index (χ0n) is 16.3. The quantitative estimate of drug-likeness (QED) is 0.671. The first-order valence-electron chi connectivity index (χ1n) is 8.84. The first kappa shape index (κ1) is 21.0. The summed E-state index contributed by atoms with van der Waals surface area (Å²) in [5, 5.41) is 14.7. The Bertz CT molecular complexity index is 906. The van der Waals surface area contributed by atoms with Crippen LogP contribution in [-0.2, 0) is 4.79 Å². The van der Waals surface area contributed by atoms with Crippen LogP contribution in [0.2, 0.25) is 0 Å². The van der Waals surface area contributed by atoms with Crippen LogP contribution >= 0.6 is 0 Å². The Kier molecular flexibility index (Phi) is 6.76. The van der Waals surface area contributed by atoms with E-state index < -0.39 is 5.97 Å². The fourth-order valence-electron chi connectivity index (χ4n) is 2.67. The van der Waals surface area contributed by atoms with Gasteiger partial charge in [-0.15, -0.1) is 0 Å². The third-order valence-corrected chi connectivity index (χ3v) is 4.05. The normalized spacial score (nSPS) is 10.5. The number of ether oxygens (including phenoxy) is 1. The smallest absolute Gasteiger partial charge is 0.339 e. The third kappa shape index (κ3) is 5.33. The molecule has 0 saturated heterocycles. The van der Waals surface area contributed by atoms with Gasteiger partial charge in [-0.2, -0.15) is 0 Å². The number of amides is 2. The second-order valence-corrected chi connectivity index (χ2v) is 6.85. The zero-order valence-corrected chi connectivity index (χ0v) is 16.3. The van der Waals surface area contributed by atoms with Gasteiger partial charge in [-0.3, -0.25) is 9.59 Å². The number of nitrogens with one attached hydrogen (secondary N) is 2. The Morgan fingerprint density at radius 1 is 1.07 bits per heavy atom. The van der Waals surface area contributed by atoms with Crippen molar-refractivity contribution in [3.05, 3.63) is 53.1 Å². The number of hydrogen-bond donors (Lipinski definition) is 3. The van der Waals surface area contributed by atoms with Crippen molar-refractivity contribution >= 4 is 29.2 Å². The van der Waals surface area contributed by atoms with E-state index in [-0.39, 0.29) is 29.0 Å². The molecule has 2 rings (SSSR count). The molecule has 28 heavy (non-hydrogen) atoms. The van der Waals surface area contributed by atoms with Gasteiger partial charge in [0.2, 0.25) is 5.91 Å². The van der Waals surface area contributed by atoms with E-state index >= 15 is 0 Å². The van der Waals surface area contributed by atoms with Crippen LogP contribution in [0, 0.1) is 12.8 Å². The monoisotopic (exact) mass is 384 g/mol. The van der Waals surface area contributed by atoms with Gasteiger partial charge in [0.25, 0.3) is 5.91 Å². The summed E-state index contributed by atoms with van der Waals surface area (Å²) >= 11 is 0. The largest absolute Gasteiger partial charge is 0.496 e. The van der Waals surface area contributed by atoms with Gasteiger partial charge >= 0.3 is 5.97 Å². The highest BCUT2D eigenvalue weighted by atomic mass is 16.5. The van der Waals surface area contributed by atoms with E-state index in [4.69, 9.17) is 9.84 Å². The van der Waals surface area contributed by atoms with Crippen LogP contribution in [-0.4, -0.2) is 30.0 Å². The Labute approximate surface area is 163 Å². The average Bonchev–Trinajstić information content (AvgIpc) is 2.62. The second-order valence-electron chi connectivity index (χ2n) is 6.85. The molecule has 0 aliphatic rings. The van der Waals surface area contributed by atoms with Crippen LogP contribution in [0.5, 0.6) is 5.75 Å². The van der Waals surface area contributed by atoms with Gasteiger partial charge < -0.3 is 20.5 Å². The molecule has 7 nitrogen and oxygen atoms in total. The molecule has 0 unspecified atom stereocenters. The second kappa shape index (κ2) is 9.03. The molecule has 0 saturated carbocycles. The molecule has 0 radical (unpaired) electrons. The molecule has 2 aromatic carbocycles. The lowest BCUT2D eigenvalue weighted by Gasteiger charge is -2.12. The standard InChI is InChI=1S/C21H24N2O5/c1-12(2)9-19(24)23-17-8-5-14(10-13(17)3)20(25)22-15-6-7-16(21(26)27)18(11-15)28-4/h5-8,10-12H,9H2,1-4H3,(H,22,25)(H,23,24)(H,26,27). The predicted molar refractivity (Wildman–Crippen MR) is 107 cm³/mol. The molecule has 0 fully saturated rings. The van der Waals surface area contributed by atoms with Crippen molar-refractivity contribution in [2.75, 3.05) is 17.7 Å². The molecule has 0 aliphatic heterocycles. The molecule has 0 atom stereocenters. The molecule has 0 spiro atoms. The van der Waals surface area contributed by atoms with Gasteiger partial charge in [0.15, 0.2) is 0 Å². The zero-order chi connectivity index (χ0) is 20.8. The van der Waals surface area contributed by atoms with Crippen LogP contribution in [0.15, 0.2) is 36.4 Å². The van der Waals surface area contributed by atoms with Gasteiger partial charge in [-0.05, 0) is 48.7 Å². The molecule has 3 N–H and O–H groups in total. The minimum Gasteiger partial charge on any atom is -0.496 e. The summed E-state index contributed by atoms with van der Waals surface area (Å²) in [7, 11) is 1.36. The van der Waals surface area contributed by atoms with Gasteiger partial charge in [0, 0.05) is 29.4 Å². The maximum Gasteiger partial charge on any atom is 0.339 e. The van der Waals surface area contributed by atoms with E-state index in [1.54, 1.807) is 18.2 Å². The van der Waals surface area contributed by atoms with Crippen LogP contribution in [0.3, 0.4) is 0 Å². The molecule has 0 aliphatic carbocycles. The molecular formula is C21H24N2O5. The topological polar surface area (TPSA) is 105 Å². The van der Waals surface area contributed by atoms with Crippen LogP contribution in [0.4, 0.5) is 11.4 Å². The first-order chi connectivity index (χ1) is 13.2. The highest BCUT2D eigenvalue weighted by Crippen LogP contribution is 2.24. The van der Waals surface area contributed by atoms with E-state index in [2.05, 4.69) is 10.6 Å². The molecule has 0 aromatic heterocycles. The minimum absolute atomic E-state index is 0.0119. The number of carboxylic acid groups (broad SMARTS) is 1. The van der Waals surface area contributed by atoms with Crippen molar-refractivity contribution in [1.29, 1.82) is 0 Å². The summed E-state index contributed by atoms with van der Waals surface area (Å²) in [4.78, 5) is 35.6. The Balaban J connectivity index is 2.13. The van der Waals surface area contributed by atoms with E-state index in [1.165, 1.54) is 25.3 Å². The number of aromatic carboxylic acids is 1. The molecule has 7 heteroatoms. The molecule has 0 heterocycles. The fraction of sp³-hybridized carbons (Fsp3) is 0.286. The van der Waals surface area contributed by atoms with Gasteiger partial charge in [0.1, 0.15) is 11.3 Å². The lowest BCUT2D eigenvalue weighted by atomic mass is 10.1. The molecule has 148 valence electrons. The van der Waals surface area contributed by atoms with Crippen molar-refractivity contribution in [1.82, 2.24) is 0 Å². The highest BCUT2D eigenvalue weighted by Gasteiger charge is 2.14. The third-order valence-electron chi connectivity index (χ3n) is 4.05. The number of hydrogen-bond acceptors (Lipinski definition) is 4. The van der Waals surface area contributed by atoms with Crippen molar-refractivity contribution in [3.63, 3.8) is 0 Å². The van der Waals surface area contributed by atoms with Crippen LogP contribution in [0.25, 0.3) is 0 Å². The van der Waals surface area contributed by atoms with Gasteiger partial charge in [-0.1, -0.05) is 13.8 Å². The molecule has 0 bridgehead atoms. The number of benzene rings is 2. The van der Waals surface area contributed by atoms with E-state index in [0.29, 0.717) is 23.4 Å². The maximum atomic E-state index is 12.5. The predicted octanol–water partition coefficient (Wildman–Crippen LogP) is 3.94. The summed E-state index contributed by atoms with van der Waals surface area (Å²) < 4.78 is 5.06. The highest BCUT2D eigenvalue weighted by molar-refractivity contribution is 6.05. The lowest BCUT2D eigenvalue weighted by Crippen LogP contribution is -2.16.